The smallest absolute Gasteiger partial charge is 0.167 e. The number of methoxy groups -OCH3 is 1. The van der Waals surface area contributed by atoms with E-state index in [0.29, 0.717) is 28.2 Å². The number of fused-ring (bicyclic) bond motifs is 1. The first-order valence-corrected chi connectivity index (χ1v) is 6.19. The molecule has 0 radical (unpaired) electrons. The number of nitrogen functional groups attached to an aromatic ring is 1. The number of nitrogens with zero attached hydrogens (tertiary/aromatic N) is 2. The molecule has 3 rings (SSSR count). The summed E-state index contributed by atoms with van der Waals surface area (Å²) in [5.41, 5.74) is 6.01. The Hall–Kier alpha value is -2.89. The van der Waals surface area contributed by atoms with Crippen molar-refractivity contribution in [2.45, 2.75) is 0 Å². The van der Waals surface area contributed by atoms with Gasteiger partial charge in [-0.05, 0) is 24.3 Å². The van der Waals surface area contributed by atoms with Crippen LogP contribution in [-0.4, -0.2) is 17.1 Å². The third-order valence-corrected chi connectivity index (χ3v) is 2.96. The first-order chi connectivity index (χ1) is 10.2. The van der Waals surface area contributed by atoms with Crippen LogP contribution in [0.5, 0.6) is 17.2 Å². The van der Waals surface area contributed by atoms with Crippen molar-refractivity contribution < 1.29 is 13.9 Å². The average Bonchev–Trinajstić information content (AvgIpc) is 2.49. The Morgan fingerprint density at radius 3 is 2.67 bits per heavy atom. The van der Waals surface area contributed by atoms with Gasteiger partial charge in [-0.25, -0.2) is 9.37 Å². The Labute approximate surface area is 120 Å². The minimum atomic E-state index is -0.469. The molecule has 0 aliphatic heterocycles. The van der Waals surface area contributed by atoms with Gasteiger partial charge < -0.3 is 15.2 Å². The minimum absolute atomic E-state index is 0.135. The SMILES string of the molecule is COc1cc2c(Oc3ccc(N)nc3)ccnc2cc1F. The second-order valence-electron chi connectivity index (χ2n) is 4.33. The lowest BCUT2D eigenvalue weighted by atomic mass is 10.2. The highest BCUT2D eigenvalue weighted by molar-refractivity contribution is 5.86. The van der Waals surface area contributed by atoms with E-state index in [1.165, 1.54) is 19.4 Å². The Morgan fingerprint density at radius 1 is 1.10 bits per heavy atom. The van der Waals surface area contributed by atoms with Crippen LogP contribution in [0.1, 0.15) is 0 Å². The van der Waals surface area contributed by atoms with E-state index in [1.807, 2.05) is 0 Å². The fraction of sp³-hybridized carbons (Fsp3) is 0.0667. The highest BCUT2D eigenvalue weighted by Gasteiger charge is 2.10. The topological polar surface area (TPSA) is 70.3 Å². The molecule has 0 bridgehead atoms. The molecule has 1 aromatic carbocycles. The summed E-state index contributed by atoms with van der Waals surface area (Å²) < 4.78 is 24.4. The van der Waals surface area contributed by atoms with Crippen LogP contribution in [0.4, 0.5) is 10.2 Å². The molecule has 5 nitrogen and oxygen atoms in total. The van der Waals surface area contributed by atoms with Crippen LogP contribution in [0.25, 0.3) is 10.9 Å². The number of aromatic nitrogens is 2. The molecule has 0 aliphatic rings. The lowest BCUT2D eigenvalue weighted by molar-refractivity contribution is 0.387. The van der Waals surface area contributed by atoms with E-state index in [0.717, 1.165) is 0 Å². The largest absolute Gasteiger partial charge is 0.494 e. The third kappa shape index (κ3) is 2.55. The van der Waals surface area contributed by atoms with Crippen molar-refractivity contribution in [1.29, 1.82) is 0 Å². The Balaban J connectivity index is 2.07. The standard InChI is InChI=1S/C15H12FN3O2/c1-20-14-6-10-12(7-11(14)16)18-5-4-13(10)21-9-2-3-15(17)19-8-9/h2-8H,1H3,(H2,17,19). The third-order valence-electron chi connectivity index (χ3n) is 2.96. The molecule has 106 valence electrons. The van der Waals surface area contributed by atoms with Crippen LogP contribution in [0, 0.1) is 5.82 Å². The zero-order chi connectivity index (χ0) is 14.8. The number of rotatable bonds is 3. The van der Waals surface area contributed by atoms with E-state index in [4.69, 9.17) is 15.2 Å². The van der Waals surface area contributed by atoms with Gasteiger partial charge in [0.05, 0.1) is 18.8 Å². The maximum absolute atomic E-state index is 13.7. The number of pyridine rings is 2. The molecule has 0 amide bonds. The van der Waals surface area contributed by atoms with Crippen molar-refractivity contribution in [3.8, 4) is 17.2 Å². The summed E-state index contributed by atoms with van der Waals surface area (Å²) in [5, 5.41) is 0.646. The predicted molar refractivity (Wildman–Crippen MR) is 77.0 cm³/mol. The van der Waals surface area contributed by atoms with Gasteiger partial charge in [-0.3, -0.25) is 4.98 Å². The monoisotopic (exact) mass is 285 g/mol. The van der Waals surface area contributed by atoms with Gasteiger partial charge in [0.2, 0.25) is 0 Å². The average molecular weight is 285 g/mol. The van der Waals surface area contributed by atoms with E-state index in [-0.39, 0.29) is 5.75 Å². The van der Waals surface area contributed by atoms with E-state index >= 15 is 0 Å². The highest BCUT2D eigenvalue weighted by atomic mass is 19.1. The highest BCUT2D eigenvalue weighted by Crippen LogP contribution is 2.32. The first kappa shape index (κ1) is 13.1. The van der Waals surface area contributed by atoms with Crippen molar-refractivity contribution in [3.63, 3.8) is 0 Å². The van der Waals surface area contributed by atoms with Gasteiger partial charge in [0.25, 0.3) is 0 Å². The molecule has 2 heterocycles. The molecule has 0 saturated carbocycles. The molecular formula is C15H12FN3O2. The fourth-order valence-electron chi connectivity index (χ4n) is 1.95. The molecule has 6 heteroatoms. The summed E-state index contributed by atoms with van der Waals surface area (Å²) >= 11 is 0. The number of ether oxygens (including phenoxy) is 2. The van der Waals surface area contributed by atoms with Gasteiger partial charge in [-0.15, -0.1) is 0 Å². The van der Waals surface area contributed by atoms with Gasteiger partial charge in [-0.1, -0.05) is 0 Å². The number of anilines is 1. The first-order valence-electron chi connectivity index (χ1n) is 6.19. The predicted octanol–water partition coefficient (Wildman–Crippen LogP) is 3.15. The lowest BCUT2D eigenvalue weighted by Gasteiger charge is -2.10. The molecule has 21 heavy (non-hydrogen) atoms. The van der Waals surface area contributed by atoms with Crippen LogP contribution in [0.2, 0.25) is 0 Å². The molecule has 0 spiro atoms. The number of hydrogen-bond donors (Lipinski definition) is 1. The van der Waals surface area contributed by atoms with Crippen molar-refractivity contribution >= 4 is 16.7 Å². The normalized spacial score (nSPS) is 10.6. The van der Waals surface area contributed by atoms with Crippen molar-refractivity contribution in [1.82, 2.24) is 9.97 Å². The van der Waals surface area contributed by atoms with Crippen LogP contribution >= 0.6 is 0 Å². The molecule has 0 fully saturated rings. The fourth-order valence-corrected chi connectivity index (χ4v) is 1.95. The number of nitrogens with two attached hydrogens (primary N) is 1. The minimum Gasteiger partial charge on any atom is -0.494 e. The quantitative estimate of drug-likeness (QED) is 0.800. The van der Waals surface area contributed by atoms with Crippen molar-refractivity contribution in [2.24, 2.45) is 0 Å². The van der Waals surface area contributed by atoms with Crippen LogP contribution in [0.3, 0.4) is 0 Å². The molecule has 0 unspecified atom stereocenters. The second-order valence-corrected chi connectivity index (χ2v) is 4.33. The number of benzene rings is 1. The summed E-state index contributed by atoms with van der Waals surface area (Å²) in [6, 6.07) is 7.89. The summed E-state index contributed by atoms with van der Waals surface area (Å²) in [4.78, 5) is 8.08. The maximum Gasteiger partial charge on any atom is 0.167 e. The summed E-state index contributed by atoms with van der Waals surface area (Å²) in [6.07, 6.45) is 3.07. The Bertz CT molecular complexity index is 791. The number of hydrogen-bond acceptors (Lipinski definition) is 5. The van der Waals surface area contributed by atoms with E-state index in [2.05, 4.69) is 9.97 Å². The van der Waals surface area contributed by atoms with Gasteiger partial charge in [0, 0.05) is 17.6 Å². The Kier molecular flexibility index (Phi) is 3.27. The molecule has 2 N–H and O–H groups in total. The molecule has 0 saturated heterocycles. The van der Waals surface area contributed by atoms with Gasteiger partial charge in [0.15, 0.2) is 11.6 Å². The molecule has 0 atom stereocenters. The zero-order valence-electron chi connectivity index (χ0n) is 11.2. The molecular weight excluding hydrogens is 273 g/mol. The molecule has 0 aliphatic carbocycles. The van der Waals surface area contributed by atoms with Crippen molar-refractivity contribution in [3.05, 3.63) is 48.5 Å². The van der Waals surface area contributed by atoms with E-state index in [9.17, 15) is 4.39 Å². The summed E-state index contributed by atoms with van der Waals surface area (Å²) in [6.45, 7) is 0. The van der Waals surface area contributed by atoms with Crippen molar-refractivity contribution in [2.75, 3.05) is 12.8 Å². The van der Waals surface area contributed by atoms with Gasteiger partial charge in [-0.2, -0.15) is 0 Å². The summed E-state index contributed by atoms with van der Waals surface area (Å²) in [7, 11) is 1.41. The number of halogens is 1. The van der Waals surface area contributed by atoms with E-state index < -0.39 is 5.82 Å². The van der Waals surface area contributed by atoms with E-state index in [1.54, 1.807) is 30.5 Å². The zero-order valence-corrected chi connectivity index (χ0v) is 11.2. The second kappa shape index (κ2) is 5.24. The van der Waals surface area contributed by atoms with Gasteiger partial charge >= 0.3 is 0 Å². The summed E-state index contributed by atoms with van der Waals surface area (Å²) in [5.74, 6) is 1.13. The Morgan fingerprint density at radius 2 is 1.95 bits per heavy atom. The molecule has 2 aromatic heterocycles. The van der Waals surface area contributed by atoms with Crippen LogP contribution in [0.15, 0.2) is 42.7 Å². The maximum atomic E-state index is 13.7. The van der Waals surface area contributed by atoms with Gasteiger partial charge in [0.1, 0.15) is 17.3 Å². The van der Waals surface area contributed by atoms with Crippen LogP contribution < -0.4 is 15.2 Å². The lowest BCUT2D eigenvalue weighted by Crippen LogP contribution is -1.93. The van der Waals surface area contributed by atoms with Crippen LogP contribution in [-0.2, 0) is 0 Å². The molecule has 3 aromatic rings.